The van der Waals surface area contributed by atoms with Gasteiger partial charge in [-0.05, 0) is 0 Å². The minimum Gasteiger partial charge on any atom is -0.362 e. The van der Waals surface area contributed by atoms with Crippen LogP contribution in [0.15, 0.2) is 11.8 Å². The number of fused-ring (bicyclic) bond motifs is 1. The topological polar surface area (TPSA) is 50.7 Å². The van der Waals surface area contributed by atoms with Crippen LogP contribution in [0.4, 0.5) is 14.6 Å². The first-order valence-electron chi connectivity index (χ1n) is 3.83. The maximum Gasteiger partial charge on any atom is 0.255 e. The highest BCUT2D eigenvalue weighted by molar-refractivity contribution is 7.16. The number of hydrogen-bond donors (Lipinski definition) is 1. The van der Waals surface area contributed by atoms with Crippen molar-refractivity contribution in [1.82, 2.24) is 15.0 Å². The number of halogens is 2. The van der Waals surface area contributed by atoms with Gasteiger partial charge >= 0.3 is 0 Å². The molecular weight excluding hydrogens is 210 g/mol. The molecule has 0 atom stereocenters. The number of aromatic nitrogens is 3. The van der Waals surface area contributed by atoms with Crippen molar-refractivity contribution in [3.05, 3.63) is 11.8 Å². The molecule has 2 rings (SSSR count). The van der Waals surface area contributed by atoms with Crippen molar-refractivity contribution >= 4 is 27.5 Å². The number of thiazole rings is 1. The van der Waals surface area contributed by atoms with E-state index in [4.69, 9.17) is 0 Å². The Morgan fingerprint density at radius 1 is 1.36 bits per heavy atom. The molecule has 0 radical (unpaired) electrons. The molecule has 0 spiro atoms. The lowest BCUT2D eigenvalue weighted by molar-refractivity contribution is 0.163. The van der Waals surface area contributed by atoms with Crippen LogP contribution in [0, 0.1) is 0 Å². The molecule has 0 aliphatic heterocycles. The molecule has 0 aromatic carbocycles. The maximum atomic E-state index is 11.9. The average molecular weight is 216 g/mol. The van der Waals surface area contributed by atoms with Crippen molar-refractivity contribution < 1.29 is 8.78 Å². The summed E-state index contributed by atoms with van der Waals surface area (Å²) in [7, 11) is 0. The second-order valence-corrected chi connectivity index (χ2v) is 3.33. The van der Waals surface area contributed by atoms with Gasteiger partial charge in [0.1, 0.15) is 16.7 Å². The van der Waals surface area contributed by atoms with Gasteiger partial charge in [-0.2, -0.15) is 0 Å². The first-order valence-corrected chi connectivity index (χ1v) is 4.71. The number of nitrogens with zero attached hydrogens (tertiary/aromatic N) is 3. The van der Waals surface area contributed by atoms with Gasteiger partial charge in [0.05, 0.1) is 12.1 Å². The molecule has 0 aliphatic rings. The fraction of sp³-hybridized carbons (Fsp3) is 0.286. The number of nitrogens with one attached hydrogen (secondary N) is 1. The van der Waals surface area contributed by atoms with Gasteiger partial charge < -0.3 is 5.32 Å². The van der Waals surface area contributed by atoms with Crippen molar-refractivity contribution in [2.45, 2.75) is 6.43 Å². The molecular formula is C7H6F2N4S. The van der Waals surface area contributed by atoms with E-state index in [1.807, 2.05) is 0 Å². The van der Waals surface area contributed by atoms with E-state index in [0.717, 1.165) is 0 Å². The predicted octanol–water partition coefficient (Wildman–Crippen LogP) is 1.76. The third-order valence-electron chi connectivity index (χ3n) is 1.56. The molecule has 4 nitrogen and oxygen atoms in total. The van der Waals surface area contributed by atoms with Crippen LogP contribution in [0.5, 0.6) is 0 Å². The summed E-state index contributed by atoms with van der Waals surface area (Å²) in [4.78, 5) is 12.5. The molecule has 0 unspecified atom stereocenters. The van der Waals surface area contributed by atoms with E-state index in [1.165, 1.54) is 17.7 Å². The van der Waals surface area contributed by atoms with Crippen LogP contribution in [-0.2, 0) is 0 Å². The largest absolute Gasteiger partial charge is 0.362 e. The zero-order valence-corrected chi connectivity index (χ0v) is 7.76. The number of hydrogen-bond acceptors (Lipinski definition) is 5. The van der Waals surface area contributed by atoms with Crippen molar-refractivity contribution in [3.8, 4) is 0 Å². The summed E-state index contributed by atoms with van der Waals surface area (Å²) in [6.07, 6.45) is -1.08. The molecule has 2 aromatic rings. The molecule has 74 valence electrons. The van der Waals surface area contributed by atoms with E-state index in [2.05, 4.69) is 20.3 Å². The first-order chi connectivity index (χ1) is 6.77. The lowest BCUT2D eigenvalue weighted by Gasteiger charge is -2.03. The Morgan fingerprint density at radius 3 is 3.00 bits per heavy atom. The zero-order valence-electron chi connectivity index (χ0n) is 6.94. The van der Waals surface area contributed by atoms with Gasteiger partial charge in [0, 0.05) is 0 Å². The Labute approximate surface area is 82.0 Å². The van der Waals surface area contributed by atoms with Crippen molar-refractivity contribution in [3.63, 3.8) is 0 Å². The number of anilines is 1. The van der Waals surface area contributed by atoms with E-state index in [0.29, 0.717) is 16.2 Å². The van der Waals surface area contributed by atoms with Crippen LogP contribution in [0.3, 0.4) is 0 Å². The molecule has 1 N–H and O–H groups in total. The second-order valence-electron chi connectivity index (χ2n) is 2.50. The lowest BCUT2D eigenvalue weighted by Crippen LogP contribution is -2.11. The summed E-state index contributed by atoms with van der Waals surface area (Å²) in [6, 6.07) is 0. The van der Waals surface area contributed by atoms with Gasteiger partial charge in [-0.25, -0.2) is 23.7 Å². The second kappa shape index (κ2) is 3.79. The summed E-state index contributed by atoms with van der Waals surface area (Å²) in [5.41, 5.74) is 2.14. The summed E-state index contributed by atoms with van der Waals surface area (Å²) < 4.78 is 23.8. The number of rotatable bonds is 3. The summed E-state index contributed by atoms with van der Waals surface area (Å²) >= 11 is 1.35. The molecule has 2 heterocycles. The highest BCUT2D eigenvalue weighted by Crippen LogP contribution is 2.20. The van der Waals surface area contributed by atoms with Gasteiger partial charge in [-0.3, -0.25) is 0 Å². The molecule has 0 saturated heterocycles. The molecule has 7 heteroatoms. The van der Waals surface area contributed by atoms with Gasteiger partial charge in [0.2, 0.25) is 0 Å². The van der Waals surface area contributed by atoms with Crippen LogP contribution in [0.25, 0.3) is 10.3 Å². The van der Waals surface area contributed by atoms with Crippen LogP contribution in [0.2, 0.25) is 0 Å². The Bertz CT molecular complexity index is 430. The van der Waals surface area contributed by atoms with Gasteiger partial charge in [0.15, 0.2) is 5.82 Å². The molecule has 0 saturated carbocycles. The Kier molecular flexibility index (Phi) is 2.49. The minimum absolute atomic E-state index is 0.358. The van der Waals surface area contributed by atoms with Crippen molar-refractivity contribution in [2.75, 3.05) is 11.9 Å². The molecule has 0 amide bonds. The van der Waals surface area contributed by atoms with E-state index in [1.54, 1.807) is 5.51 Å². The fourth-order valence-electron chi connectivity index (χ4n) is 0.997. The zero-order chi connectivity index (χ0) is 9.97. The summed E-state index contributed by atoms with van der Waals surface area (Å²) in [6.45, 7) is -0.427. The molecule has 0 bridgehead atoms. The minimum atomic E-state index is -2.40. The van der Waals surface area contributed by atoms with Crippen LogP contribution >= 0.6 is 11.3 Å². The highest BCUT2D eigenvalue weighted by Gasteiger charge is 2.08. The molecule has 0 fully saturated rings. The summed E-state index contributed by atoms with van der Waals surface area (Å²) in [5, 5.41) is 2.52. The molecule has 0 aliphatic carbocycles. The normalized spacial score (nSPS) is 11.1. The standard InChI is InChI=1S/C7H6F2N4S/c8-4(9)1-10-6-5-7(12-2-11-6)14-3-13-5/h2-4H,1H2,(H,10,11,12). The van der Waals surface area contributed by atoms with Gasteiger partial charge in [-0.15, -0.1) is 11.3 Å². The highest BCUT2D eigenvalue weighted by atomic mass is 32.1. The maximum absolute atomic E-state index is 11.9. The fourth-order valence-corrected chi connectivity index (χ4v) is 1.62. The van der Waals surface area contributed by atoms with Gasteiger partial charge in [0.25, 0.3) is 6.43 Å². The van der Waals surface area contributed by atoms with E-state index >= 15 is 0 Å². The third kappa shape index (κ3) is 1.77. The monoisotopic (exact) mass is 216 g/mol. The summed E-state index contributed by atoms with van der Waals surface area (Å²) in [5.74, 6) is 0.358. The van der Waals surface area contributed by atoms with Crippen LogP contribution < -0.4 is 5.32 Å². The lowest BCUT2D eigenvalue weighted by atomic mass is 10.5. The van der Waals surface area contributed by atoms with E-state index in [9.17, 15) is 8.78 Å². The van der Waals surface area contributed by atoms with Crippen LogP contribution in [-0.4, -0.2) is 27.9 Å². The quantitative estimate of drug-likeness (QED) is 0.849. The van der Waals surface area contributed by atoms with Crippen molar-refractivity contribution in [2.24, 2.45) is 0 Å². The van der Waals surface area contributed by atoms with Gasteiger partial charge in [-0.1, -0.05) is 0 Å². The van der Waals surface area contributed by atoms with Crippen LogP contribution in [0.1, 0.15) is 0 Å². The molecule has 2 aromatic heterocycles. The number of alkyl halides is 2. The SMILES string of the molecule is FC(F)CNc1ncnc2scnc12. The van der Waals surface area contributed by atoms with E-state index < -0.39 is 13.0 Å². The smallest absolute Gasteiger partial charge is 0.255 e. The molecule has 14 heavy (non-hydrogen) atoms. The Morgan fingerprint density at radius 2 is 2.21 bits per heavy atom. The van der Waals surface area contributed by atoms with E-state index in [-0.39, 0.29) is 0 Å². The Hall–Kier alpha value is -1.37. The third-order valence-corrected chi connectivity index (χ3v) is 2.29. The van der Waals surface area contributed by atoms with Crippen molar-refractivity contribution in [1.29, 1.82) is 0 Å². The Balaban J connectivity index is 2.27. The average Bonchev–Trinajstić information content (AvgIpc) is 2.62. The predicted molar refractivity (Wildman–Crippen MR) is 49.7 cm³/mol. The first kappa shape index (κ1) is 9.20.